The zero-order valence-corrected chi connectivity index (χ0v) is 13.0. The Morgan fingerprint density at radius 1 is 1.14 bits per heavy atom. The van der Waals surface area contributed by atoms with Crippen molar-refractivity contribution in [3.05, 3.63) is 64.2 Å². The van der Waals surface area contributed by atoms with Crippen LogP contribution < -0.4 is 10.5 Å². The highest BCUT2D eigenvalue weighted by molar-refractivity contribution is 5.42. The molecule has 0 spiro atoms. The Hall–Kier alpha value is -1.80. The molecular weight excluding hydrogens is 258 g/mol. The van der Waals surface area contributed by atoms with Crippen LogP contribution in [0.2, 0.25) is 0 Å². The second kappa shape index (κ2) is 5.53. The highest BCUT2D eigenvalue weighted by Crippen LogP contribution is 2.31. The van der Waals surface area contributed by atoms with E-state index in [-0.39, 0.29) is 12.1 Å². The van der Waals surface area contributed by atoms with Crippen molar-refractivity contribution in [2.45, 2.75) is 45.8 Å². The molecule has 0 radical (unpaired) electrons. The third-order valence-corrected chi connectivity index (χ3v) is 4.38. The van der Waals surface area contributed by atoms with Gasteiger partial charge in [0, 0.05) is 12.5 Å². The molecule has 0 aliphatic carbocycles. The van der Waals surface area contributed by atoms with Crippen LogP contribution in [0.4, 0.5) is 0 Å². The molecule has 2 unspecified atom stereocenters. The van der Waals surface area contributed by atoms with E-state index >= 15 is 0 Å². The maximum absolute atomic E-state index is 6.40. The lowest BCUT2D eigenvalue weighted by Gasteiger charge is -2.14. The molecule has 0 aromatic heterocycles. The van der Waals surface area contributed by atoms with Crippen LogP contribution in [0.15, 0.2) is 36.4 Å². The molecule has 0 fully saturated rings. The third kappa shape index (κ3) is 2.96. The highest BCUT2D eigenvalue weighted by Gasteiger charge is 2.20. The summed E-state index contributed by atoms with van der Waals surface area (Å²) in [5, 5.41) is 0. The molecule has 21 heavy (non-hydrogen) atoms. The quantitative estimate of drug-likeness (QED) is 0.927. The van der Waals surface area contributed by atoms with Crippen LogP contribution in [0.1, 0.15) is 40.8 Å². The van der Waals surface area contributed by atoms with Crippen LogP contribution in [0.3, 0.4) is 0 Å². The first-order valence-corrected chi connectivity index (χ1v) is 7.64. The van der Waals surface area contributed by atoms with Gasteiger partial charge in [-0.25, -0.2) is 0 Å². The van der Waals surface area contributed by atoms with E-state index in [4.69, 9.17) is 10.5 Å². The molecule has 110 valence electrons. The number of nitrogens with two attached hydrogens (primary N) is 1. The second-order valence-electron chi connectivity index (χ2n) is 6.23. The van der Waals surface area contributed by atoms with E-state index < -0.39 is 0 Å². The number of rotatable bonds is 3. The number of ether oxygens (including phenoxy) is 1. The molecule has 1 aliphatic heterocycles. The predicted octanol–water partition coefficient (Wildman–Crippen LogP) is 3.87. The SMILES string of the molecule is Cc1ccc(CC(N)c2ccc3c(c2)CC(C)O3)cc1C. The van der Waals surface area contributed by atoms with Gasteiger partial charge in [-0.1, -0.05) is 30.3 Å². The molecule has 3 rings (SSSR count). The minimum Gasteiger partial charge on any atom is -0.490 e. The van der Waals surface area contributed by atoms with E-state index in [0.29, 0.717) is 0 Å². The van der Waals surface area contributed by atoms with Gasteiger partial charge in [0.15, 0.2) is 0 Å². The van der Waals surface area contributed by atoms with Crippen LogP contribution in [-0.4, -0.2) is 6.10 Å². The standard InChI is InChI=1S/C19H23NO/c1-12-4-5-15(8-13(12)2)10-18(20)16-6-7-19-17(11-16)9-14(3)21-19/h4-8,11,14,18H,9-10,20H2,1-3H3. The Morgan fingerprint density at radius 2 is 1.95 bits per heavy atom. The Labute approximate surface area is 126 Å². The molecule has 1 aliphatic rings. The van der Waals surface area contributed by atoms with E-state index in [9.17, 15) is 0 Å². The Morgan fingerprint density at radius 3 is 2.71 bits per heavy atom. The monoisotopic (exact) mass is 281 g/mol. The average molecular weight is 281 g/mol. The number of hydrogen-bond donors (Lipinski definition) is 1. The molecule has 0 bridgehead atoms. The smallest absolute Gasteiger partial charge is 0.123 e. The lowest BCUT2D eigenvalue weighted by atomic mass is 9.95. The summed E-state index contributed by atoms with van der Waals surface area (Å²) in [5.74, 6) is 1.02. The topological polar surface area (TPSA) is 35.2 Å². The van der Waals surface area contributed by atoms with Crippen LogP contribution >= 0.6 is 0 Å². The molecule has 0 saturated heterocycles. The van der Waals surface area contributed by atoms with Crippen LogP contribution in [-0.2, 0) is 12.8 Å². The summed E-state index contributed by atoms with van der Waals surface area (Å²) >= 11 is 0. The van der Waals surface area contributed by atoms with Crippen molar-refractivity contribution in [2.24, 2.45) is 5.73 Å². The van der Waals surface area contributed by atoms with Crippen molar-refractivity contribution < 1.29 is 4.74 Å². The summed E-state index contributed by atoms with van der Waals surface area (Å²) in [6, 6.07) is 13.0. The van der Waals surface area contributed by atoms with E-state index in [1.165, 1.54) is 27.8 Å². The van der Waals surface area contributed by atoms with Gasteiger partial charge in [-0.2, -0.15) is 0 Å². The Balaban J connectivity index is 1.78. The maximum Gasteiger partial charge on any atom is 0.123 e. The third-order valence-electron chi connectivity index (χ3n) is 4.38. The molecular formula is C19H23NO. The van der Waals surface area contributed by atoms with Gasteiger partial charge in [-0.15, -0.1) is 0 Å². The summed E-state index contributed by atoms with van der Waals surface area (Å²) in [5.41, 5.74) is 12.9. The highest BCUT2D eigenvalue weighted by atomic mass is 16.5. The zero-order chi connectivity index (χ0) is 15.0. The van der Waals surface area contributed by atoms with Crippen LogP contribution in [0, 0.1) is 13.8 Å². The predicted molar refractivity (Wildman–Crippen MR) is 86.8 cm³/mol. The summed E-state index contributed by atoms with van der Waals surface area (Å²) in [4.78, 5) is 0. The zero-order valence-electron chi connectivity index (χ0n) is 13.0. The molecule has 2 N–H and O–H groups in total. The Kier molecular flexibility index (Phi) is 3.73. The summed E-state index contributed by atoms with van der Waals surface area (Å²) in [6.07, 6.45) is 2.14. The maximum atomic E-state index is 6.40. The number of aryl methyl sites for hydroxylation is 2. The first-order valence-electron chi connectivity index (χ1n) is 7.64. The summed E-state index contributed by atoms with van der Waals surface area (Å²) in [6.45, 7) is 6.40. The van der Waals surface area contributed by atoms with Gasteiger partial charge in [0.05, 0.1) is 0 Å². The van der Waals surface area contributed by atoms with Crippen LogP contribution in [0.5, 0.6) is 5.75 Å². The lowest BCUT2D eigenvalue weighted by Crippen LogP contribution is -2.13. The minimum atomic E-state index is 0.0355. The van der Waals surface area contributed by atoms with Crippen LogP contribution in [0.25, 0.3) is 0 Å². The molecule has 2 aromatic carbocycles. The first kappa shape index (κ1) is 14.2. The van der Waals surface area contributed by atoms with Gasteiger partial charge in [0.1, 0.15) is 11.9 Å². The molecule has 2 aromatic rings. The van der Waals surface area contributed by atoms with Gasteiger partial charge in [0.25, 0.3) is 0 Å². The molecule has 0 amide bonds. The largest absolute Gasteiger partial charge is 0.490 e. The van der Waals surface area contributed by atoms with E-state index in [0.717, 1.165) is 18.6 Å². The van der Waals surface area contributed by atoms with Crippen molar-refractivity contribution >= 4 is 0 Å². The second-order valence-corrected chi connectivity index (χ2v) is 6.23. The average Bonchev–Trinajstić information content (AvgIpc) is 2.82. The van der Waals surface area contributed by atoms with E-state index in [1.807, 2.05) is 0 Å². The molecule has 1 heterocycles. The normalized spacial score (nSPS) is 18.2. The molecule has 2 nitrogen and oxygen atoms in total. The summed E-state index contributed by atoms with van der Waals surface area (Å²) in [7, 11) is 0. The molecule has 2 atom stereocenters. The Bertz CT molecular complexity index is 663. The molecule has 0 saturated carbocycles. The fraction of sp³-hybridized carbons (Fsp3) is 0.368. The van der Waals surface area contributed by atoms with Crippen molar-refractivity contribution in [2.75, 3.05) is 0 Å². The summed E-state index contributed by atoms with van der Waals surface area (Å²) < 4.78 is 5.75. The number of fused-ring (bicyclic) bond motifs is 1. The first-order chi connectivity index (χ1) is 10.0. The number of benzene rings is 2. The lowest BCUT2D eigenvalue weighted by molar-refractivity contribution is 0.254. The van der Waals surface area contributed by atoms with Gasteiger partial charge in [0.2, 0.25) is 0 Å². The van der Waals surface area contributed by atoms with Gasteiger partial charge in [-0.3, -0.25) is 0 Å². The number of hydrogen-bond acceptors (Lipinski definition) is 2. The van der Waals surface area contributed by atoms with Crippen molar-refractivity contribution in [3.63, 3.8) is 0 Å². The van der Waals surface area contributed by atoms with Crippen molar-refractivity contribution in [3.8, 4) is 5.75 Å². The molecule has 2 heteroatoms. The minimum absolute atomic E-state index is 0.0355. The van der Waals surface area contributed by atoms with Crippen molar-refractivity contribution in [1.82, 2.24) is 0 Å². The van der Waals surface area contributed by atoms with E-state index in [1.54, 1.807) is 0 Å². The van der Waals surface area contributed by atoms with Gasteiger partial charge in [-0.05, 0) is 61.1 Å². The van der Waals surface area contributed by atoms with Gasteiger partial charge < -0.3 is 10.5 Å². The fourth-order valence-corrected chi connectivity index (χ4v) is 2.97. The van der Waals surface area contributed by atoms with E-state index in [2.05, 4.69) is 57.2 Å². The fourth-order valence-electron chi connectivity index (χ4n) is 2.97. The van der Waals surface area contributed by atoms with Gasteiger partial charge >= 0.3 is 0 Å². The van der Waals surface area contributed by atoms with Crippen molar-refractivity contribution in [1.29, 1.82) is 0 Å².